The summed E-state index contributed by atoms with van der Waals surface area (Å²) in [6.07, 6.45) is 2.76. The second-order valence-corrected chi connectivity index (χ2v) is 10.0. The van der Waals surface area contributed by atoms with Crippen LogP contribution in [-0.2, 0) is 17.6 Å². The number of pyridine rings is 1. The molecule has 1 aliphatic rings. The third-order valence-electron chi connectivity index (χ3n) is 6.40. The smallest absolute Gasteiger partial charge is 0.341 e. The van der Waals surface area contributed by atoms with Gasteiger partial charge in [-0.15, -0.1) is 11.3 Å². The highest BCUT2D eigenvalue weighted by atomic mass is 32.1. The van der Waals surface area contributed by atoms with Crippen molar-refractivity contribution in [2.45, 2.75) is 33.1 Å². The Morgan fingerprint density at radius 3 is 2.74 bits per heavy atom. The summed E-state index contributed by atoms with van der Waals surface area (Å²) in [6, 6.07) is 17.5. The minimum atomic E-state index is -0.401. The molecule has 34 heavy (non-hydrogen) atoms. The van der Waals surface area contributed by atoms with Crippen molar-refractivity contribution in [2.75, 3.05) is 12.4 Å². The number of fused-ring (bicyclic) bond motifs is 2. The van der Waals surface area contributed by atoms with Crippen molar-refractivity contribution >= 4 is 39.1 Å². The molecule has 0 fully saturated rings. The van der Waals surface area contributed by atoms with Gasteiger partial charge in [-0.25, -0.2) is 9.78 Å². The van der Waals surface area contributed by atoms with Gasteiger partial charge in [0.2, 0.25) is 0 Å². The molecule has 172 valence electrons. The molecule has 0 saturated heterocycles. The molecule has 5 nitrogen and oxygen atoms in total. The van der Waals surface area contributed by atoms with Crippen LogP contribution in [0, 0.1) is 12.8 Å². The number of para-hydroxylation sites is 1. The number of amides is 1. The van der Waals surface area contributed by atoms with E-state index in [2.05, 4.69) is 18.3 Å². The van der Waals surface area contributed by atoms with Gasteiger partial charge >= 0.3 is 5.97 Å². The Hall–Kier alpha value is -3.51. The number of rotatable bonds is 4. The van der Waals surface area contributed by atoms with Gasteiger partial charge in [0.05, 0.1) is 29.4 Å². The number of thiophene rings is 1. The molecule has 4 aromatic rings. The number of nitrogens with one attached hydrogen (secondary N) is 1. The lowest BCUT2D eigenvalue weighted by Crippen LogP contribution is -2.16. The standard InChI is InChI=1S/C28H26N2O3S/c1-16-7-6-8-18(13-16)23-15-21(19-9-4-5-10-22(19)29-23)26(31)30-27-25(28(32)33-3)20-12-11-17(2)14-24(20)34-27/h4-10,13,15,17H,11-12,14H2,1-3H3,(H,30,31). The van der Waals surface area contributed by atoms with E-state index in [0.717, 1.165) is 57.4 Å². The van der Waals surface area contributed by atoms with E-state index in [-0.39, 0.29) is 5.91 Å². The minimum Gasteiger partial charge on any atom is -0.465 e. The molecule has 1 amide bonds. The summed E-state index contributed by atoms with van der Waals surface area (Å²) >= 11 is 1.49. The fourth-order valence-corrected chi connectivity index (χ4v) is 6.04. The van der Waals surface area contributed by atoms with E-state index in [1.165, 1.54) is 18.4 Å². The quantitative estimate of drug-likeness (QED) is 0.349. The summed E-state index contributed by atoms with van der Waals surface area (Å²) < 4.78 is 5.08. The topological polar surface area (TPSA) is 68.3 Å². The molecule has 0 aliphatic heterocycles. The molecular formula is C28H26N2O3S. The Kier molecular flexibility index (Phi) is 5.92. The number of benzene rings is 2. The van der Waals surface area contributed by atoms with Crippen LogP contribution < -0.4 is 5.32 Å². The van der Waals surface area contributed by atoms with E-state index >= 15 is 0 Å². The maximum Gasteiger partial charge on any atom is 0.341 e. The summed E-state index contributed by atoms with van der Waals surface area (Å²) in [7, 11) is 1.38. The van der Waals surface area contributed by atoms with E-state index in [4.69, 9.17) is 9.72 Å². The van der Waals surface area contributed by atoms with Crippen LogP contribution in [0.1, 0.15) is 50.1 Å². The molecule has 5 rings (SSSR count). The molecule has 1 aliphatic carbocycles. The second-order valence-electron chi connectivity index (χ2n) is 8.94. The van der Waals surface area contributed by atoms with Crippen molar-refractivity contribution in [1.29, 1.82) is 0 Å². The number of carbonyl (C=O) groups excluding carboxylic acids is 2. The molecule has 1 atom stereocenters. The Labute approximate surface area is 202 Å². The van der Waals surface area contributed by atoms with Gasteiger partial charge in [-0.3, -0.25) is 4.79 Å². The van der Waals surface area contributed by atoms with Crippen LogP contribution in [0.5, 0.6) is 0 Å². The Bertz CT molecular complexity index is 1420. The highest BCUT2D eigenvalue weighted by molar-refractivity contribution is 7.17. The van der Waals surface area contributed by atoms with E-state index in [9.17, 15) is 9.59 Å². The summed E-state index contributed by atoms with van der Waals surface area (Å²) in [5, 5.41) is 4.38. The van der Waals surface area contributed by atoms with Gasteiger partial charge < -0.3 is 10.1 Å². The lowest BCUT2D eigenvalue weighted by atomic mass is 9.88. The van der Waals surface area contributed by atoms with Crippen LogP contribution in [0.25, 0.3) is 22.2 Å². The van der Waals surface area contributed by atoms with Crippen LogP contribution in [0.4, 0.5) is 5.00 Å². The average molecular weight is 471 g/mol. The van der Waals surface area contributed by atoms with Crippen molar-refractivity contribution < 1.29 is 14.3 Å². The maximum atomic E-state index is 13.6. The van der Waals surface area contributed by atoms with Crippen LogP contribution in [0.15, 0.2) is 54.6 Å². The number of aromatic nitrogens is 1. The van der Waals surface area contributed by atoms with Gasteiger partial charge in [-0.05, 0) is 55.9 Å². The number of methoxy groups -OCH3 is 1. The summed E-state index contributed by atoms with van der Waals surface area (Å²) in [6.45, 7) is 4.25. The zero-order valence-corrected chi connectivity index (χ0v) is 20.3. The summed E-state index contributed by atoms with van der Waals surface area (Å²) in [4.78, 5) is 32.3. The molecular weight excluding hydrogens is 444 g/mol. The molecule has 0 saturated carbocycles. The van der Waals surface area contributed by atoms with Crippen LogP contribution in [0.3, 0.4) is 0 Å². The lowest BCUT2D eigenvalue weighted by molar-refractivity contribution is 0.0601. The van der Waals surface area contributed by atoms with E-state index in [0.29, 0.717) is 22.0 Å². The predicted octanol–water partition coefficient (Wildman–Crippen LogP) is 6.44. The first-order chi connectivity index (χ1) is 16.4. The summed E-state index contributed by atoms with van der Waals surface area (Å²) in [5.41, 5.74) is 5.61. The van der Waals surface area contributed by atoms with Crippen molar-refractivity contribution in [1.82, 2.24) is 4.98 Å². The van der Waals surface area contributed by atoms with E-state index in [1.54, 1.807) is 0 Å². The number of anilines is 1. The van der Waals surface area contributed by atoms with Gasteiger partial charge in [0.15, 0.2) is 0 Å². The zero-order valence-electron chi connectivity index (χ0n) is 19.5. The third-order valence-corrected chi connectivity index (χ3v) is 7.57. The Morgan fingerprint density at radius 1 is 1.12 bits per heavy atom. The van der Waals surface area contributed by atoms with Crippen molar-refractivity contribution in [3.8, 4) is 11.3 Å². The van der Waals surface area contributed by atoms with E-state index in [1.807, 2.05) is 55.5 Å². The number of carbonyl (C=O) groups is 2. The fourth-order valence-electron chi connectivity index (χ4n) is 4.64. The number of hydrogen-bond donors (Lipinski definition) is 1. The lowest BCUT2D eigenvalue weighted by Gasteiger charge is -2.18. The van der Waals surface area contributed by atoms with Crippen LogP contribution in [-0.4, -0.2) is 24.0 Å². The Morgan fingerprint density at radius 2 is 1.94 bits per heavy atom. The normalized spacial score (nSPS) is 15.1. The number of hydrogen-bond acceptors (Lipinski definition) is 5. The first kappa shape index (κ1) is 22.3. The minimum absolute atomic E-state index is 0.260. The van der Waals surface area contributed by atoms with Crippen LogP contribution >= 0.6 is 11.3 Å². The SMILES string of the molecule is COC(=O)c1c(NC(=O)c2cc(-c3cccc(C)c3)nc3ccccc23)sc2c1CCC(C)C2. The van der Waals surface area contributed by atoms with Crippen molar-refractivity contribution in [3.05, 3.63) is 81.7 Å². The molecule has 6 heteroatoms. The number of ether oxygens (including phenoxy) is 1. The van der Waals surface area contributed by atoms with Gasteiger partial charge in [0.1, 0.15) is 5.00 Å². The van der Waals surface area contributed by atoms with E-state index < -0.39 is 5.97 Å². The number of esters is 1. The Balaban J connectivity index is 1.59. The van der Waals surface area contributed by atoms with Gasteiger partial charge in [0.25, 0.3) is 5.91 Å². The molecule has 2 aromatic heterocycles. The van der Waals surface area contributed by atoms with Gasteiger partial charge in [-0.2, -0.15) is 0 Å². The number of aryl methyl sites for hydroxylation is 1. The predicted molar refractivity (Wildman–Crippen MR) is 137 cm³/mol. The molecule has 0 spiro atoms. The molecule has 2 aromatic carbocycles. The van der Waals surface area contributed by atoms with Gasteiger partial charge in [-0.1, -0.05) is 48.9 Å². The highest BCUT2D eigenvalue weighted by Gasteiger charge is 2.29. The van der Waals surface area contributed by atoms with Crippen molar-refractivity contribution in [2.24, 2.45) is 5.92 Å². The summed E-state index contributed by atoms with van der Waals surface area (Å²) in [5.74, 6) is -0.104. The molecule has 0 bridgehead atoms. The largest absolute Gasteiger partial charge is 0.465 e. The second kappa shape index (κ2) is 9.03. The fraction of sp³-hybridized carbons (Fsp3) is 0.250. The zero-order chi connectivity index (χ0) is 23.8. The van der Waals surface area contributed by atoms with Crippen LogP contribution in [0.2, 0.25) is 0 Å². The van der Waals surface area contributed by atoms with Gasteiger partial charge in [0, 0.05) is 15.8 Å². The first-order valence-corrected chi connectivity index (χ1v) is 12.3. The average Bonchev–Trinajstić information content (AvgIpc) is 3.19. The number of nitrogens with zero attached hydrogens (tertiary/aromatic N) is 1. The molecule has 1 unspecified atom stereocenters. The molecule has 2 heterocycles. The monoisotopic (exact) mass is 470 g/mol. The van der Waals surface area contributed by atoms with Crippen molar-refractivity contribution in [3.63, 3.8) is 0 Å². The molecule has 1 N–H and O–H groups in total. The highest BCUT2D eigenvalue weighted by Crippen LogP contribution is 2.40. The first-order valence-electron chi connectivity index (χ1n) is 11.5. The third kappa shape index (κ3) is 4.10. The maximum absolute atomic E-state index is 13.6. The molecule has 0 radical (unpaired) electrons.